The van der Waals surface area contributed by atoms with Crippen molar-refractivity contribution in [3.05, 3.63) is 94.0 Å². The van der Waals surface area contributed by atoms with Crippen LogP contribution in [0, 0.1) is 10.1 Å². The number of barbiturate groups is 1. The topological polar surface area (TPSA) is 137 Å². The van der Waals surface area contributed by atoms with Crippen LogP contribution in [0.25, 0.3) is 6.08 Å². The van der Waals surface area contributed by atoms with Crippen molar-refractivity contribution in [1.29, 1.82) is 0 Å². The van der Waals surface area contributed by atoms with Crippen LogP contribution in [0.15, 0.2) is 78.4 Å². The fraction of sp³-hybridized carbons (Fsp3) is 0.115. The van der Waals surface area contributed by atoms with E-state index in [0.29, 0.717) is 22.8 Å². The summed E-state index contributed by atoms with van der Waals surface area (Å²) in [7, 11) is 1.49. The molecular formula is C26H21N3O8. The molecule has 1 aliphatic heterocycles. The third-order valence-corrected chi connectivity index (χ3v) is 5.31. The van der Waals surface area contributed by atoms with E-state index in [1.54, 1.807) is 36.4 Å². The van der Waals surface area contributed by atoms with E-state index in [2.05, 4.69) is 5.32 Å². The molecule has 3 aromatic rings. The first kappa shape index (κ1) is 24.9. The summed E-state index contributed by atoms with van der Waals surface area (Å²) in [6, 6.07) is 17.8. The van der Waals surface area contributed by atoms with E-state index in [-0.39, 0.29) is 30.2 Å². The van der Waals surface area contributed by atoms with Gasteiger partial charge in [-0.15, -0.1) is 0 Å². The fourth-order valence-electron chi connectivity index (χ4n) is 3.49. The number of benzene rings is 3. The monoisotopic (exact) mass is 503 g/mol. The summed E-state index contributed by atoms with van der Waals surface area (Å²) in [5.74, 6) is -0.233. The summed E-state index contributed by atoms with van der Waals surface area (Å²) in [6.45, 7) is 0.260. The summed E-state index contributed by atoms with van der Waals surface area (Å²) < 4.78 is 16.4. The Bertz CT molecular complexity index is 1370. The van der Waals surface area contributed by atoms with Crippen LogP contribution in [0.3, 0.4) is 0 Å². The van der Waals surface area contributed by atoms with Crippen molar-refractivity contribution in [2.24, 2.45) is 0 Å². The highest BCUT2D eigenvalue weighted by Crippen LogP contribution is 2.27. The van der Waals surface area contributed by atoms with Crippen molar-refractivity contribution in [3.63, 3.8) is 0 Å². The predicted octanol–water partition coefficient (Wildman–Crippen LogP) is 3.73. The molecule has 1 fully saturated rings. The second-order valence-corrected chi connectivity index (χ2v) is 7.64. The standard InChI is InChI=1S/C26H21N3O8/c1-35-20-10-6-18(7-11-20)28-25(31)22(24(30)27-26(28)32)16-17-4-2-3-5-23(17)37-15-14-36-21-12-8-19(9-13-21)29(33)34/h2-13,16H,14-15H2,1H3,(H,27,30,32)/b22-16-. The van der Waals surface area contributed by atoms with Crippen LogP contribution in [-0.4, -0.2) is 43.1 Å². The van der Waals surface area contributed by atoms with E-state index in [1.807, 2.05) is 0 Å². The van der Waals surface area contributed by atoms with Gasteiger partial charge in [-0.3, -0.25) is 25.0 Å². The molecule has 1 heterocycles. The van der Waals surface area contributed by atoms with Gasteiger partial charge in [-0.2, -0.15) is 0 Å². The molecule has 0 radical (unpaired) electrons. The summed E-state index contributed by atoms with van der Waals surface area (Å²) in [5, 5.41) is 12.9. The lowest BCUT2D eigenvalue weighted by Crippen LogP contribution is -2.54. The molecule has 0 aromatic heterocycles. The molecule has 1 saturated heterocycles. The van der Waals surface area contributed by atoms with Gasteiger partial charge in [0.05, 0.1) is 17.7 Å². The number of amides is 4. The second-order valence-electron chi connectivity index (χ2n) is 7.64. The van der Waals surface area contributed by atoms with Crippen LogP contribution < -0.4 is 24.4 Å². The molecule has 188 valence electrons. The number of hydrogen-bond acceptors (Lipinski definition) is 8. The highest BCUT2D eigenvalue weighted by molar-refractivity contribution is 6.39. The number of rotatable bonds is 9. The molecule has 3 aromatic carbocycles. The Kier molecular flexibility index (Phi) is 7.43. The number of methoxy groups -OCH3 is 1. The molecule has 11 heteroatoms. The highest BCUT2D eigenvalue weighted by atomic mass is 16.6. The Morgan fingerprint density at radius 2 is 1.54 bits per heavy atom. The maximum atomic E-state index is 13.1. The van der Waals surface area contributed by atoms with Crippen LogP contribution in [0.5, 0.6) is 17.2 Å². The summed E-state index contributed by atoms with van der Waals surface area (Å²) >= 11 is 0. The number of ether oxygens (including phenoxy) is 3. The van der Waals surface area contributed by atoms with Crippen molar-refractivity contribution >= 4 is 35.3 Å². The largest absolute Gasteiger partial charge is 0.497 e. The van der Waals surface area contributed by atoms with Crippen LogP contribution >= 0.6 is 0 Å². The summed E-state index contributed by atoms with van der Waals surface area (Å²) in [5.41, 5.74) is 0.433. The van der Waals surface area contributed by atoms with Crippen LogP contribution in [-0.2, 0) is 9.59 Å². The second kappa shape index (κ2) is 11.0. The predicted molar refractivity (Wildman–Crippen MR) is 133 cm³/mol. The Hall–Kier alpha value is -5.19. The number of carbonyl (C=O) groups excluding carboxylic acids is 3. The minimum atomic E-state index is -0.856. The van der Waals surface area contributed by atoms with Gasteiger partial charge in [0.2, 0.25) is 0 Å². The average Bonchev–Trinajstić information content (AvgIpc) is 2.90. The van der Waals surface area contributed by atoms with Crippen LogP contribution in [0.2, 0.25) is 0 Å². The van der Waals surface area contributed by atoms with E-state index in [0.717, 1.165) is 4.90 Å². The molecule has 37 heavy (non-hydrogen) atoms. The lowest BCUT2D eigenvalue weighted by molar-refractivity contribution is -0.384. The number of hydrogen-bond donors (Lipinski definition) is 1. The number of non-ortho nitro benzene ring substituents is 1. The Labute approximate surface area is 211 Å². The third-order valence-electron chi connectivity index (χ3n) is 5.31. The smallest absolute Gasteiger partial charge is 0.335 e. The van der Waals surface area contributed by atoms with Crippen molar-refractivity contribution in [2.45, 2.75) is 0 Å². The van der Waals surface area contributed by atoms with Crippen LogP contribution in [0.1, 0.15) is 5.56 Å². The number of carbonyl (C=O) groups is 3. The quantitative estimate of drug-likeness (QED) is 0.153. The van der Waals surface area contributed by atoms with Crippen molar-refractivity contribution in [2.75, 3.05) is 25.2 Å². The number of imide groups is 2. The number of nitrogens with one attached hydrogen (secondary N) is 1. The van der Waals surface area contributed by atoms with Crippen molar-refractivity contribution in [1.82, 2.24) is 5.32 Å². The lowest BCUT2D eigenvalue weighted by Gasteiger charge is -2.26. The number of para-hydroxylation sites is 1. The first-order chi connectivity index (χ1) is 17.9. The normalized spacial score (nSPS) is 14.4. The van der Waals surface area contributed by atoms with Gasteiger partial charge in [0.15, 0.2) is 0 Å². The first-order valence-corrected chi connectivity index (χ1v) is 11.0. The first-order valence-electron chi connectivity index (χ1n) is 11.0. The van der Waals surface area contributed by atoms with Crippen molar-refractivity contribution < 1.29 is 33.5 Å². The Morgan fingerprint density at radius 1 is 0.892 bits per heavy atom. The van der Waals surface area contributed by atoms with Gasteiger partial charge >= 0.3 is 6.03 Å². The zero-order chi connectivity index (χ0) is 26.4. The van der Waals surface area contributed by atoms with Gasteiger partial charge < -0.3 is 14.2 Å². The van der Waals surface area contributed by atoms with Gasteiger partial charge in [-0.05, 0) is 48.5 Å². The lowest BCUT2D eigenvalue weighted by atomic mass is 10.1. The van der Waals surface area contributed by atoms with Gasteiger partial charge in [0.25, 0.3) is 17.5 Å². The molecule has 0 atom stereocenters. The Balaban J connectivity index is 1.47. The van der Waals surface area contributed by atoms with E-state index < -0.39 is 22.8 Å². The van der Waals surface area contributed by atoms with Crippen molar-refractivity contribution in [3.8, 4) is 17.2 Å². The molecule has 4 rings (SSSR count). The molecule has 0 spiro atoms. The molecule has 1 aliphatic rings. The maximum absolute atomic E-state index is 13.1. The highest BCUT2D eigenvalue weighted by Gasteiger charge is 2.37. The summed E-state index contributed by atoms with van der Waals surface area (Å²) in [4.78, 5) is 49.2. The molecule has 11 nitrogen and oxygen atoms in total. The van der Waals surface area contributed by atoms with E-state index in [1.165, 1.54) is 49.6 Å². The zero-order valence-corrected chi connectivity index (χ0v) is 19.6. The number of urea groups is 1. The van der Waals surface area contributed by atoms with Gasteiger partial charge in [0.1, 0.15) is 36.0 Å². The van der Waals surface area contributed by atoms with E-state index >= 15 is 0 Å². The molecule has 0 saturated carbocycles. The molecule has 1 N–H and O–H groups in total. The number of nitro benzene ring substituents is 1. The number of anilines is 1. The molecule has 0 bridgehead atoms. The maximum Gasteiger partial charge on any atom is 0.335 e. The van der Waals surface area contributed by atoms with Gasteiger partial charge in [-0.1, -0.05) is 18.2 Å². The fourth-order valence-corrected chi connectivity index (χ4v) is 3.49. The minimum absolute atomic E-state index is 0.0425. The summed E-state index contributed by atoms with van der Waals surface area (Å²) in [6.07, 6.45) is 1.35. The molecular weight excluding hydrogens is 482 g/mol. The molecule has 4 amide bonds. The molecule has 0 aliphatic carbocycles. The van der Waals surface area contributed by atoms with Gasteiger partial charge in [-0.25, -0.2) is 9.69 Å². The SMILES string of the molecule is COc1ccc(N2C(=O)NC(=O)/C(=C/c3ccccc3OCCOc3ccc([N+](=O)[O-])cc3)C2=O)cc1. The van der Waals surface area contributed by atoms with E-state index in [9.17, 15) is 24.5 Å². The molecule has 0 unspecified atom stereocenters. The Morgan fingerprint density at radius 3 is 2.22 bits per heavy atom. The average molecular weight is 503 g/mol. The third kappa shape index (κ3) is 5.73. The minimum Gasteiger partial charge on any atom is -0.497 e. The zero-order valence-electron chi connectivity index (χ0n) is 19.6. The number of nitro groups is 1. The van der Waals surface area contributed by atoms with Crippen LogP contribution in [0.4, 0.5) is 16.2 Å². The number of nitrogens with zero attached hydrogens (tertiary/aromatic N) is 2. The van der Waals surface area contributed by atoms with E-state index in [4.69, 9.17) is 14.2 Å². The van der Waals surface area contributed by atoms with Gasteiger partial charge in [0, 0.05) is 17.7 Å².